The van der Waals surface area contributed by atoms with Gasteiger partial charge in [0.05, 0.1) is 32.8 Å². The van der Waals surface area contributed by atoms with Crippen LogP contribution in [0.5, 0.6) is 17.2 Å². The van der Waals surface area contributed by atoms with E-state index in [9.17, 15) is 24.0 Å². The highest BCUT2D eigenvalue weighted by atomic mass is 16.5. The van der Waals surface area contributed by atoms with Crippen LogP contribution in [0.4, 0.5) is 0 Å². The standard InChI is InChI=1S/C39H47N5O8/c1-50-33-18-17-27(24-34(33)51-2)13-8-19-40-38(48)30-25-35(45)44-21-9-15-31(44)39(49)43-29(23-26-11-4-3-5-12-26)37(47)41-20-10-22-52-32-16-7-6-14-28(32)36(46)42-30/h3-7,11-12,14,16-18,24,29-31H,8-10,13,15,19-23,25H2,1-2H3,(H,40,48)(H,41,47)(H,42,46)(H,43,49)/t29-,30-,31+/m0/s1. The minimum atomic E-state index is -1.23. The Hall–Kier alpha value is -5.59. The van der Waals surface area contributed by atoms with Crippen molar-refractivity contribution in [1.82, 2.24) is 26.2 Å². The lowest BCUT2D eigenvalue weighted by Crippen LogP contribution is -2.55. The highest BCUT2D eigenvalue weighted by molar-refractivity contribution is 6.01. The van der Waals surface area contributed by atoms with Gasteiger partial charge in [0.2, 0.25) is 23.6 Å². The number of aryl methyl sites for hydroxylation is 1. The summed E-state index contributed by atoms with van der Waals surface area (Å²) >= 11 is 0. The van der Waals surface area contributed by atoms with Gasteiger partial charge in [-0.05, 0) is 67.5 Å². The van der Waals surface area contributed by atoms with E-state index in [1.807, 2.05) is 48.5 Å². The van der Waals surface area contributed by atoms with E-state index >= 15 is 0 Å². The predicted octanol–water partition coefficient (Wildman–Crippen LogP) is 2.56. The summed E-state index contributed by atoms with van der Waals surface area (Å²) < 4.78 is 16.6. The number of methoxy groups -OCH3 is 2. The van der Waals surface area contributed by atoms with E-state index in [0.717, 1.165) is 11.1 Å². The molecule has 0 unspecified atom stereocenters. The van der Waals surface area contributed by atoms with Crippen molar-refractivity contribution in [2.24, 2.45) is 0 Å². The second kappa shape index (κ2) is 18.6. The molecule has 1 fully saturated rings. The summed E-state index contributed by atoms with van der Waals surface area (Å²) in [5, 5.41) is 11.4. The molecule has 3 aromatic carbocycles. The van der Waals surface area contributed by atoms with Crippen LogP contribution in [0.2, 0.25) is 0 Å². The number of benzene rings is 3. The van der Waals surface area contributed by atoms with Crippen molar-refractivity contribution >= 4 is 29.5 Å². The number of rotatable bonds is 9. The molecule has 5 rings (SSSR count). The van der Waals surface area contributed by atoms with Crippen LogP contribution >= 0.6 is 0 Å². The molecule has 0 bridgehead atoms. The minimum absolute atomic E-state index is 0.194. The molecule has 52 heavy (non-hydrogen) atoms. The monoisotopic (exact) mass is 713 g/mol. The molecule has 2 aliphatic heterocycles. The number of nitrogens with zero attached hydrogens (tertiary/aromatic N) is 1. The molecule has 2 heterocycles. The molecule has 0 radical (unpaired) electrons. The Labute approximate surface area is 303 Å². The van der Waals surface area contributed by atoms with Gasteiger partial charge in [0.15, 0.2) is 11.5 Å². The van der Waals surface area contributed by atoms with E-state index in [-0.39, 0.29) is 44.0 Å². The fourth-order valence-corrected chi connectivity index (χ4v) is 6.43. The second-order valence-electron chi connectivity index (χ2n) is 12.8. The van der Waals surface area contributed by atoms with Crippen LogP contribution in [-0.2, 0) is 32.0 Å². The van der Waals surface area contributed by atoms with Crippen molar-refractivity contribution in [3.05, 3.63) is 89.5 Å². The van der Waals surface area contributed by atoms with Crippen LogP contribution in [0.25, 0.3) is 0 Å². The Morgan fingerprint density at radius 1 is 0.885 bits per heavy atom. The Morgan fingerprint density at radius 2 is 1.65 bits per heavy atom. The first-order valence-electron chi connectivity index (χ1n) is 17.7. The maximum atomic E-state index is 13.9. The van der Waals surface area contributed by atoms with Crippen LogP contribution in [0.15, 0.2) is 72.8 Å². The topological polar surface area (TPSA) is 164 Å². The molecule has 3 aromatic rings. The zero-order chi connectivity index (χ0) is 36.9. The summed E-state index contributed by atoms with van der Waals surface area (Å²) in [6.45, 7) is 1.06. The molecule has 4 N–H and O–H groups in total. The number of hydrogen-bond donors (Lipinski definition) is 4. The molecule has 1 saturated heterocycles. The minimum Gasteiger partial charge on any atom is -0.493 e. The van der Waals surface area contributed by atoms with Crippen LogP contribution in [0, 0.1) is 0 Å². The maximum Gasteiger partial charge on any atom is 0.255 e. The Kier molecular flexibility index (Phi) is 13.5. The van der Waals surface area contributed by atoms with Crippen LogP contribution in [-0.4, -0.2) is 93.0 Å². The lowest BCUT2D eigenvalue weighted by Gasteiger charge is -2.28. The van der Waals surface area contributed by atoms with E-state index in [4.69, 9.17) is 14.2 Å². The third-order valence-electron chi connectivity index (χ3n) is 9.19. The number of carbonyl (C=O) groups is 5. The second-order valence-corrected chi connectivity index (χ2v) is 12.8. The molecule has 276 valence electrons. The van der Waals surface area contributed by atoms with E-state index in [1.54, 1.807) is 38.5 Å². The van der Waals surface area contributed by atoms with Gasteiger partial charge in [0, 0.05) is 26.1 Å². The third-order valence-corrected chi connectivity index (χ3v) is 9.19. The highest BCUT2D eigenvalue weighted by Crippen LogP contribution is 2.28. The van der Waals surface area contributed by atoms with Crippen LogP contribution < -0.4 is 35.5 Å². The lowest BCUT2D eigenvalue weighted by molar-refractivity contribution is -0.140. The quantitative estimate of drug-likeness (QED) is 0.246. The molecule has 0 aromatic heterocycles. The molecule has 5 amide bonds. The van der Waals surface area contributed by atoms with E-state index in [0.29, 0.717) is 55.9 Å². The van der Waals surface area contributed by atoms with Gasteiger partial charge in [-0.15, -0.1) is 0 Å². The zero-order valence-electron chi connectivity index (χ0n) is 29.7. The molecular weight excluding hydrogens is 666 g/mol. The van der Waals surface area contributed by atoms with E-state index < -0.39 is 41.8 Å². The lowest BCUT2D eigenvalue weighted by atomic mass is 10.0. The predicted molar refractivity (Wildman–Crippen MR) is 193 cm³/mol. The number of nitrogens with one attached hydrogen (secondary N) is 4. The van der Waals surface area contributed by atoms with Crippen LogP contribution in [0.3, 0.4) is 0 Å². The SMILES string of the molecule is COc1ccc(CCCNC(=O)[C@@H]2CC(=O)N3CCC[C@@H]3C(=O)N[C@@H](Cc3ccccc3)C(=O)NCCCOc3ccccc3C(=O)N2)cc1OC. The Balaban J connectivity index is 1.33. The van der Waals surface area contributed by atoms with Crippen molar-refractivity contribution in [1.29, 1.82) is 0 Å². The molecule has 0 spiro atoms. The van der Waals surface area contributed by atoms with Gasteiger partial charge in [0.1, 0.15) is 23.9 Å². The fourth-order valence-electron chi connectivity index (χ4n) is 6.43. The summed E-state index contributed by atoms with van der Waals surface area (Å²) in [7, 11) is 3.14. The molecule has 3 atom stereocenters. The van der Waals surface area contributed by atoms with Gasteiger partial charge in [-0.3, -0.25) is 24.0 Å². The average molecular weight is 714 g/mol. The smallest absolute Gasteiger partial charge is 0.255 e. The molecule has 0 saturated carbocycles. The molecule has 13 nitrogen and oxygen atoms in total. The molecule has 0 aliphatic carbocycles. The first-order chi connectivity index (χ1) is 25.3. The van der Waals surface area contributed by atoms with E-state index in [1.165, 1.54) is 4.90 Å². The summed E-state index contributed by atoms with van der Waals surface area (Å²) in [4.78, 5) is 69.6. The van der Waals surface area contributed by atoms with Crippen molar-refractivity contribution in [3.63, 3.8) is 0 Å². The normalized spacial score (nSPS) is 20.1. The van der Waals surface area contributed by atoms with Gasteiger partial charge >= 0.3 is 0 Å². The number of fused-ring (bicyclic) bond motifs is 2. The number of amides is 5. The Morgan fingerprint density at radius 3 is 2.44 bits per heavy atom. The zero-order valence-corrected chi connectivity index (χ0v) is 29.7. The van der Waals surface area contributed by atoms with Gasteiger partial charge in [-0.1, -0.05) is 48.5 Å². The largest absolute Gasteiger partial charge is 0.493 e. The third kappa shape index (κ3) is 10.0. The summed E-state index contributed by atoms with van der Waals surface area (Å²) in [5.41, 5.74) is 2.07. The van der Waals surface area contributed by atoms with Crippen molar-refractivity contribution in [3.8, 4) is 17.2 Å². The number of para-hydroxylation sites is 1. The summed E-state index contributed by atoms with van der Waals surface area (Å²) in [6.07, 6.45) is 2.53. The van der Waals surface area contributed by atoms with Crippen molar-refractivity contribution in [2.75, 3.05) is 40.5 Å². The van der Waals surface area contributed by atoms with Gasteiger partial charge in [-0.2, -0.15) is 0 Å². The summed E-state index contributed by atoms with van der Waals surface area (Å²) in [6, 6.07) is 18.7. The molecule has 2 aliphatic rings. The summed E-state index contributed by atoms with van der Waals surface area (Å²) in [5.74, 6) is -0.828. The van der Waals surface area contributed by atoms with E-state index in [2.05, 4.69) is 21.3 Å². The van der Waals surface area contributed by atoms with Gasteiger partial charge < -0.3 is 40.4 Å². The number of carbonyl (C=O) groups excluding carboxylic acids is 5. The first-order valence-corrected chi connectivity index (χ1v) is 17.7. The van der Waals surface area contributed by atoms with Gasteiger partial charge in [0.25, 0.3) is 5.91 Å². The molecular formula is C39H47N5O8. The highest BCUT2D eigenvalue weighted by Gasteiger charge is 2.38. The average Bonchev–Trinajstić information content (AvgIpc) is 3.66. The Bertz CT molecular complexity index is 1720. The maximum absolute atomic E-state index is 13.9. The van der Waals surface area contributed by atoms with Crippen LogP contribution in [0.1, 0.15) is 53.6 Å². The molecule has 13 heteroatoms. The van der Waals surface area contributed by atoms with Crippen molar-refractivity contribution in [2.45, 2.75) is 63.1 Å². The van der Waals surface area contributed by atoms with Crippen molar-refractivity contribution < 1.29 is 38.2 Å². The van der Waals surface area contributed by atoms with Gasteiger partial charge in [-0.25, -0.2) is 0 Å². The first kappa shape index (κ1) is 37.7. The fraction of sp³-hybridized carbons (Fsp3) is 0.410. The number of ether oxygens (including phenoxy) is 3. The number of hydrogen-bond acceptors (Lipinski definition) is 8.